The summed E-state index contributed by atoms with van der Waals surface area (Å²) in [5.41, 5.74) is -0.414. The van der Waals surface area contributed by atoms with Crippen molar-refractivity contribution in [1.82, 2.24) is 0 Å². The molecule has 8 aliphatic rings. The van der Waals surface area contributed by atoms with Gasteiger partial charge in [-0.3, -0.25) is 0 Å². The Balaban J connectivity index is 1.35. The van der Waals surface area contributed by atoms with Crippen molar-refractivity contribution in [3.05, 3.63) is 0 Å². The summed E-state index contributed by atoms with van der Waals surface area (Å²) in [5, 5.41) is 24.5. The summed E-state index contributed by atoms with van der Waals surface area (Å²) in [4.78, 5) is 0. The van der Waals surface area contributed by atoms with Gasteiger partial charge >= 0.3 is 0 Å². The highest BCUT2D eigenvalue weighted by atomic mass is 16.3. The summed E-state index contributed by atoms with van der Waals surface area (Å²) in [6, 6.07) is 0. The van der Waals surface area contributed by atoms with Gasteiger partial charge in [0.1, 0.15) is 0 Å². The van der Waals surface area contributed by atoms with Gasteiger partial charge in [-0.15, -0.1) is 0 Å². The van der Waals surface area contributed by atoms with E-state index in [1.165, 1.54) is 89.9 Å². The Morgan fingerprint density at radius 2 is 0.846 bits per heavy atom. The van der Waals surface area contributed by atoms with Gasteiger partial charge in [0.25, 0.3) is 0 Å². The van der Waals surface area contributed by atoms with E-state index in [0.717, 1.165) is 11.8 Å². The molecule has 26 heavy (non-hydrogen) atoms. The first-order chi connectivity index (χ1) is 12.5. The lowest BCUT2D eigenvalue weighted by atomic mass is 9.36. The second kappa shape index (κ2) is 4.56. The minimum atomic E-state index is -0.371. The fourth-order valence-corrected chi connectivity index (χ4v) is 9.69. The van der Waals surface area contributed by atoms with E-state index in [1.54, 1.807) is 0 Å². The average Bonchev–Trinajstić information content (AvgIpc) is 3.49. The molecular weight excluding hydrogens is 320 g/mol. The molecule has 8 aliphatic carbocycles. The molecule has 8 saturated carbocycles. The van der Waals surface area contributed by atoms with Crippen molar-refractivity contribution >= 4 is 0 Å². The van der Waals surface area contributed by atoms with E-state index in [4.69, 9.17) is 0 Å². The summed E-state index contributed by atoms with van der Waals surface area (Å²) in [7, 11) is 0. The summed E-state index contributed by atoms with van der Waals surface area (Å²) in [6.45, 7) is 0. The maximum Gasteiger partial charge on any atom is 0.0760 e. The first-order valence-electron chi connectivity index (χ1n) is 11.9. The van der Waals surface area contributed by atoms with Crippen molar-refractivity contribution in [2.45, 2.75) is 101 Å². The third-order valence-corrected chi connectivity index (χ3v) is 10.6. The zero-order valence-electron chi connectivity index (χ0n) is 16.3. The molecule has 0 unspecified atom stereocenters. The molecule has 0 atom stereocenters. The van der Waals surface area contributed by atoms with E-state index in [9.17, 15) is 10.2 Å². The van der Waals surface area contributed by atoms with Gasteiger partial charge in [-0.1, -0.05) is 0 Å². The molecule has 0 saturated heterocycles. The normalized spacial score (nSPS) is 48.2. The Kier molecular flexibility index (Phi) is 2.77. The highest BCUT2D eigenvalue weighted by Crippen LogP contribution is 2.78. The van der Waals surface area contributed by atoms with Crippen molar-refractivity contribution < 1.29 is 10.2 Å². The highest BCUT2D eigenvalue weighted by Gasteiger charge is 2.75. The predicted octanol–water partition coefficient (Wildman–Crippen LogP) is 4.68. The second-order valence-corrected chi connectivity index (χ2v) is 12.3. The van der Waals surface area contributed by atoms with Crippen LogP contribution in [0, 0.1) is 46.3 Å². The summed E-state index contributed by atoms with van der Waals surface area (Å²) in [5.74, 6) is 3.97. The Morgan fingerprint density at radius 1 is 0.538 bits per heavy atom. The Hall–Kier alpha value is -0.0800. The zero-order valence-corrected chi connectivity index (χ0v) is 16.3. The fourth-order valence-electron chi connectivity index (χ4n) is 9.69. The van der Waals surface area contributed by atoms with Gasteiger partial charge in [-0.05, 0) is 125 Å². The molecular formula is C24H36O2. The summed E-state index contributed by atoms with van der Waals surface area (Å²) < 4.78 is 0. The van der Waals surface area contributed by atoms with E-state index in [1.807, 2.05) is 0 Å². The first-order valence-corrected chi connectivity index (χ1v) is 11.9. The number of hydrogen-bond acceptors (Lipinski definition) is 2. The van der Waals surface area contributed by atoms with Gasteiger partial charge in [-0.2, -0.15) is 0 Å². The Labute approximate surface area is 158 Å². The molecule has 0 aromatic rings. The van der Waals surface area contributed by atoms with Crippen LogP contribution in [-0.2, 0) is 0 Å². The van der Waals surface area contributed by atoms with Crippen LogP contribution in [0.5, 0.6) is 0 Å². The van der Waals surface area contributed by atoms with Crippen LogP contribution in [0.2, 0.25) is 0 Å². The van der Waals surface area contributed by atoms with Gasteiger partial charge < -0.3 is 10.2 Å². The number of hydrogen-bond donors (Lipinski definition) is 2. The number of aliphatic hydroxyl groups is 2. The zero-order chi connectivity index (χ0) is 17.4. The topological polar surface area (TPSA) is 40.5 Å². The highest BCUT2D eigenvalue weighted by molar-refractivity contribution is 5.25. The second-order valence-electron chi connectivity index (χ2n) is 12.3. The molecule has 8 rings (SSSR count). The molecule has 144 valence electrons. The van der Waals surface area contributed by atoms with Gasteiger partial charge in [0.05, 0.1) is 11.2 Å². The van der Waals surface area contributed by atoms with Crippen molar-refractivity contribution in [2.75, 3.05) is 0 Å². The molecule has 0 heterocycles. The lowest BCUT2D eigenvalue weighted by Crippen LogP contribution is -2.68. The maximum absolute atomic E-state index is 12.3. The molecule has 0 amide bonds. The van der Waals surface area contributed by atoms with Crippen LogP contribution in [0.1, 0.15) is 89.9 Å². The molecule has 0 aromatic carbocycles. The summed E-state index contributed by atoms with van der Waals surface area (Å²) >= 11 is 0. The smallest absolute Gasteiger partial charge is 0.0760 e. The minimum absolute atomic E-state index is 0.164. The lowest BCUT2D eigenvalue weighted by Gasteiger charge is -2.70. The van der Waals surface area contributed by atoms with Crippen LogP contribution >= 0.6 is 0 Å². The minimum Gasteiger partial charge on any atom is -0.389 e. The SMILES string of the molecule is OC(C1CC1)(C1CC1)C12CC3CC(C1)CC(C(O)(C1CC1)C1CC1)(C3)C2. The predicted molar refractivity (Wildman–Crippen MR) is 100 cm³/mol. The number of rotatable bonds is 6. The Morgan fingerprint density at radius 3 is 1.12 bits per heavy atom. The van der Waals surface area contributed by atoms with Crippen LogP contribution in [0.15, 0.2) is 0 Å². The molecule has 4 bridgehead atoms. The maximum atomic E-state index is 12.3. The molecule has 8 fully saturated rings. The molecule has 2 N–H and O–H groups in total. The summed E-state index contributed by atoms with van der Waals surface area (Å²) in [6.07, 6.45) is 17.9. The fraction of sp³-hybridized carbons (Fsp3) is 1.00. The van der Waals surface area contributed by atoms with Gasteiger partial charge in [0.15, 0.2) is 0 Å². The van der Waals surface area contributed by atoms with E-state index in [2.05, 4.69) is 0 Å². The quantitative estimate of drug-likeness (QED) is 0.726. The van der Waals surface area contributed by atoms with Gasteiger partial charge in [0.2, 0.25) is 0 Å². The van der Waals surface area contributed by atoms with E-state index in [-0.39, 0.29) is 22.0 Å². The lowest BCUT2D eigenvalue weighted by molar-refractivity contribution is -0.271. The monoisotopic (exact) mass is 356 g/mol. The molecule has 0 spiro atoms. The van der Waals surface area contributed by atoms with Gasteiger partial charge in [0, 0.05) is 10.8 Å². The standard InChI is InChI=1S/C24H36O2/c25-23(17-1-2-17,18-3-4-18)21-10-15-9-16(11-21)13-22(12-15,14-21)24(26,19-5-6-19)20-7-8-20/h15-20,25-26H,1-14H2. The third-order valence-electron chi connectivity index (χ3n) is 10.6. The van der Waals surface area contributed by atoms with Crippen molar-refractivity contribution in [2.24, 2.45) is 46.3 Å². The molecule has 2 heteroatoms. The molecule has 2 nitrogen and oxygen atoms in total. The van der Waals surface area contributed by atoms with Crippen molar-refractivity contribution in [1.29, 1.82) is 0 Å². The van der Waals surface area contributed by atoms with E-state index < -0.39 is 0 Å². The van der Waals surface area contributed by atoms with Crippen LogP contribution in [0.25, 0.3) is 0 Å². The van der Waals surface area contributed by atoms with Crippen LogP contribution in [-0.4, -0.2) is 21.4 Å². The molecule has 0 radical (unpaired) electrons. The molecule has 0 aromatic heterocycles. The average molecular weight is 357 g/mol. The largest absolute Gasteiger partial charge is 0.389 e. The van der Waals surface area contributed by atoms with Crippen LogP contribution in [0.4, 0.5) is 0 Å². The van der Waals surface area contributed by atoms with E-state index in [0.29, 0.717) is 23.7 Å². The Bertz CT molecular complexity index is 547. The first kappa shape index (κ1) is 15.8. The van der Waals surface area contributed by atoms with Crippen LogP contribution in [0.3, 0.4) is 0 Å². The molecule has 0 aliphatic heterocycles. The third kappa shape index (κ3) is 1.78. The van der Waals surface area contributed by atoms with Crippen molar-refractivity contribution in [3.63, 3.8) is 0 Å². The van der Waals surface area contributed by atoms with Gasteiger partial charge in [-0.25, -0.2) is 0 Å². The van der Waals surface area contributed by atoms with Crippen molar-refractivity contribution in [3.8, 4) is 0 Å². The van der Waals surface area contributed by atoms with E-state index >= 15 is 0 Å². The van der Waals surface area contributed by atoms with Crippen LogP contribution < -0.4 is 0 Å².